The predicted octanol–water partition coefficient (Wildman–Crippen LogP) is 3.17. The first kappa shape index (κ1) is 25.8. The Balaban J connectivity index is 1.71. The van der Waals surface area contributed by atoms with Gasteiger partial charge in [0.05, 0.1) is 0 Å². The van der Waals surface area contributed by atoms with Gasteiger partial charge in [0.15, 0.2) is 0 Å². The molecule has 0 bridgehead atoms. The van der Waals surface area contributed by atoms with Crippen LogP contribution in [0.2, 0.25) is 5.02 Å². The van der Waals surface area contributed by atoms with Gasteiger partial charge in [0.25, 0.3) is 5.91 Å². The maximum atomic E-state index is 13.0. The molecule has 1 aromatic carbocycles. The zero-order valence-corrected chi connectivity index (χ0v) is 19.9. The molecule has 0 aliphatic heterocycles. The van der Waals surface area contributed by atoms with Crippen LogP contribution in [0.25, 0.3) is 0 Å². The number of hydrogen-bond acceptors (Lipinski definition) is 9. The minimum atomic E-state index is -0.474. The van der Waals surface area contributed by atoms with Crippen molar-refractivity contribution < 1.29 is 14.8 Å². The summed E-state index contributed by atoms with van der Waals surface area (Å²) in [5.74, 6) is -0.114. The van der Waals surface area contributed by atoms with E-state index in [2.05, 4.69) is 36.2 Å². The number of carbonyl (C=O) groups excluding carboxylic acids is 2. The number of nitrogens with one attached hydrogen (secondary N) is 5. The van der Waals surface area contributed by atoms with Gasteiger partial charge in [-0.3, -0.25) is 14.6 Å². The largest absolute Gasteiger partial charge is 0.369 e. The lowest BCUT2D eigenvalue weighted by molar-refractivity contribution is -0.116. The molecule has 11 nitrogen and oxygen atoms in total. The number of halogens is 1. The van der Waals surface area contributed by atoms with Crippen molar-refractivity contribution in [2.24, 2.45) is 0 Å². The highest BCUT2D eigenvalue weighted by atomic mass is 35.5. The van der Waals surface area contributed by atoms with Gasteiger partial charge < -0.3 is 26.5 Å². The summed E-state index contributed by atoms with van der Waals surface area (Å²) in [6.07, 6.45) is 6.56. The minimum absolute atomic E-state index is 0.258. The maximum Gasteiger partial charge on any atom is 0.260 e. The number of hydrogen-bond donors (Lipinski definition) is 6. The summed E-state index contributed by atoms with van der Waals surface area (Å²) >= 11 is 6.14. The second-order valence-electron chi connectivity index (χ2n) is 7.48. The summed E-state index contributed by atoms with van der Waals surface area (Å²) in [5, 5.41) is 20.6. The molecule has 0 radical (unpaired) electrons. The molecule has 35 heavy (non-hydrogen) atoms. The van der Waals surface area contributed by atoms with Crippen molar-refractivity contribution in [1.29, 1.82) is 0 Å². The van der Waals surface area contributed by atoms with Gasteiger partial charge in [-0.2, -0.15) is 10.5 Å². The normalized spacial score (nSPS) is 10.5. The molecule has 0 aliphatic carbocycles. The fourth-order valence-corrected chi connectivity index (χ4v) is 3.32. The third-order valence-electron chi connectivity index (χ3n) is 4.70. The van der Waals surface area contributed by atoms with Crippen molar-refractivity contribution in [3.63, 3.8) is 0 Å². The van der Waals surface area contributed by atoms with Crippen LogP contribution in [-0.4, -0.2) is 51.6 Å². The summed E-state index contributed by atoms with van der Waals surface area (Å²) in [6, 6.07) is 8.51. The second-order valence-corrected chi connectivity index (χ2v) is 7.92. The van der Waals surface area contributed by atoms with Crippen molar-refractivity contribution >= 4 is 46.6 Å². The third-order valence-corrected chi connectivity index (χ3v) is 4.92. The maximum absolute atomic E-state index is 13.0. The molecule has 2 amide bonds. The number of pyridine rings is 1. The van der Waals surface area contributed by atoms with Crippen LogP contribution < -0.4 is 26.7 Å². The van der Waals surface area contributed by atoms with Gasteiger partial charge in [-0.15, -0.1) is 0 Å². The molecular weight excluding hydrogens is 472 g/mol. The van der Waals surface area contributed by atoms with E-state index in [0.29, 0.717) is 41.3 Å². The zero-order valence-electron chi connectivity index (χ0n) is 19.1. The molecule has 3 aromatic rings. The molecular formula is C23H27ClN8O3. The Labute approximate surface area is 207 Å². The Morgan fingerprint density at radius 1 is 1.03 bits per heavy atom. The monoisotopic (exact) mass is 498 g/mol. The van der Waals surface area contributed by atoms with Gasteiger partial charge in [-0.1, -0.05) is 18.5 Å². The number of carbonyl (C=O) groups is 2. The molecule has 0 saturated heterocycles. The number of aromatic nitrogens is 3. The van der Waals surface area contributed by atoms with E-state index in [9.17, 15) is 9.59 Å². The molecule has 0 fully saturated rings. The quantitative estimate of drug-likeness (QED) is 0.207. The molecule has 6 N–H and O–H groups in total. The van der Waals surface area contributed by atoms with E-state index >= 15 is 0 Å². The number of amides is 2. The fourth-order valence-electron chi connectivity index (χ4n) is 3.09. The van der Waals surface area contributed by atoms with E-state index in [-0.39, 0.29) is 12.1 Å². The molecule has 0 unspecified atom stereocenters. The summed E-state index contributed by atoms with van der Waals surface area (Å²) in [5.41, 5.74) is 3.90. The van der Waals surface area contributed by atoms with E-state index in [1.165, 1.54) is 12.3 Å². The van der Waals surface area contributed by atoms with Crippen LogP contribution in [0.4, 0.5) is 23.1 Å². The first-order valence-electron chi connectivity index (χ1n) is 11.0. The summed E-state index contributed by atoms with van der Waals surface area (Å²) in [6.45, 7) is 2.96. The summed E-state index contributed by atoms with van der Waals surface area (Å²) in [7, 11) is 0. The lowest BCUT2D eigenvalue weighted by Gasteiger charge is -2.14. The molecule has 3 rings (SSSR count). The topological polar surface area (TPSA) is 153 Å². The highest BCUT2D eigenvalue weighted by Gasteiger charge is 2.16. The number of hydroxylamine groups is 1. The second kappa shape index (κ2) is 13.2. The first-order valence-corrected chi connectivity index (χ1v) is 11.4. The molecule has 0 aliphatic rings. The fraction of sp³-hybridized carbons (Fsp3) is 0.261. The van der Waals surface area contributed by atoms with Crippen LogP contribution in [0.3, 0.4) is 0 Å². The lowest BCUT2D eigenvalue weighted by atomic mass is 10.2. The van der Waals surface area contributed by atoms with Gasteiger partial charge >= 0.3 is 0 Å². The Hall–Kier alpha value is -3.80. The molecule has 0 saturated carbocycles. The van der Waals surface area contributed by atoms with E-state index < -0.39 is 11.8 Å². The van der Waals surface area contributed by atoms with Gasteiger partial charge in [0.1, 0.15) is 17.9 Å². The molecule has 184 valence electrons. The van der Waals surface area contributed by atoms with Crippen LogP contribution in [0.15, 0.2) is 48.9 Å². The number of anilines is 4. The van der Waals surface area contributed by atoms with Gasteiger partial charge in [0.2, 0.25) is 11.9 Å². The number of nitrogens with zero attached hydrogens (tertiary/aromatic N) is 3. The Morgan fingerprint density at radius 3 is 2.49 bits per heavy atom. The van der Waals surface area contributed by atoms with Crippen LogP contribution in [0.5, 0.6) is 0 Å². The van der Waals surface area contributed by atoms with Crippen molar-refractivity contribution in [2.75, 3.05) is 40.9 Å². The van der Waals surface area contributed by atoms with E-state index in [0.717, 1.165) is 18.4 Å². The summed E-state index contributed by atoms with van der Waals surface area (Å²) < 4.78 is 0. The van der Waals surface area contributed by atoms with Gasteiger partial charge in [0, 0.05) is 48.1 Å². The average molecular weight is 499 g/mol. The molecule has 0 spiro atoms. The Morgan fingerprint density at radius 2 is 1.77 bits per heavy atom. The smallest absolute Gasteiger partial charge is 0.260 e. The van der Waals surface area contributed by atoms with Crippen molar-refractivity contribution in [3.8, 4) is 0 Å². The van der Waals surface area contributed by atoms with E-state index in [4.69, 9.17) is 16.8 Å². The van der Waals surface area contributed by atoms with E-state index in [1.54, 1.807) is 30.0 Å². The highest BCUT2D eigenvalue weighted by molar-refractivity contribution is 6.31. The minimum Gasteiger partial charge on any atom is -0.369 e. The lowest BCUT2D eigenvalue weighted by Crippen LogP contribution is -2.25. The summed E-state index contributed by atoms with van der Waals surface area (Å²) in [4.78, 5) is 37.5. The molecule has 12 heteroatoms. The van der Waals surface area contributed by atoms with Crippen LogP contribution in [0.1, 0.15) is 29.3 Å². The Kier molecular flexibility index (Phi) is 9.72. The van der Waals surface area contributed by atoms with Crippen molar-refractivity contribution in [2.45, 2.75) is 19.8 Å². The van der Waals surface area contributed by atoms with Gasteiger partial charge in [-0.05, 0) is 48.7 Å². The van der Waals surface area contributed by atoms with E-state index in [1.807, 2.05) is 19.1 Å². The third kappa shape index (κ3) is 8.18. The van der Waals surface area contributed by atoms with Crippen LogP contribution >= 0.6 is 11.6 Å². The number of rotatable bonds is 12. The highest BCUT2D eigenvalue weighted by Crippen LogP contribution is 2.24. The van der Waals surface area contributed by atoms with Crippen LogP contribution in [-0.2, 0) is 11.2 Å². The van der Waals surface area contributed by atoms with Crippen molar-refractivity contribution in [3.05, 3.63) is 65.1 Å². The predicted molar refractivity (Wildman–Crippen MR) is 135 cm³/mol. The SMILES string of the molecule is CCCNc1nc(NCCc2ccncc2)ncc1C(=O)Nc1cc(Cl)cc(NC(=O)CNO)c1. The van der Waals surface area contributed by atoms with Crippen LogP contribution in [0, 0.1) is 0 Å². The molecule has 0 atom stereocenters. The standard InChI is InChI=1S/C23H27ClN8O3/c1-2-6-26-21-19(13-28-23(32-21)27-9-5-15-3-7-25-8-4-15)22(34)31-18-11-16(24)10-17(12-18)30-20(33)14-29-35/h3-4,7-8,10-13,29,35H,2,5-6,9,14H2,1H3,(H,30,33)(H,31,34)(H2,26,27,28,32). The average Bonchev–Trinajstić information content (AvgIpc) is 2.83. The number of benzene rings is 1. The zero-order chi connectivity index (χ0) is 25.0. The first-order chi connectivity index (χ1) is 17.0. The molecule has 2 heterocycles. The Bertz CT molecular complexity index is 1150. The van der Waals surface area contributed by atoms with Crippen molar-refractivity contribution in [1.82, 2.24) is 20.4 Å². The molecule has 2 aromatic heterocycles. The van der Waals surface area contributed by atoms with Gasteiger partial charge in [-0.25, -0.2) is 4.98 Å².